The van der Waals surface area contributed by atoms with Crippen LogP contribution in [0.4, 0.5) is 0 Å². The van der Waals surface area contributed by atoms with E-state index in [1.165, 1.54) is 0 Å². The van der Waals surface area contributed by atoms with E-state index in [0.717, 1.165) is 42.7 Å². The summed E-state index contributed by atoms with van der Waals surface area (Å²) in [5.74, 6) is 0. The summed E-state index contributed by atoms with van der Waals surface area (Å²) < 4.78 is 7.02. The van der Waals surface area contributed by atoms with Crippen molar-refractivity contribution in [3.8, 4) is 0 Å². The number of hydrogen-bond acceptors (Lipinski definition) is 3. The van der Waals surface area contributed by atoms with E-state index in [4.69, 9.17) is 16.3 Å². The lowest BCUT2D eigenvalue weighted by Gasteiger charge is -2.16. The fraction of sp³-hybridized carbons (Fsp3) is 0.727. The van der Waals surface area contributed by atoms with Crippen LogP contribution in [0.1, 0.15) is 18.2 Å². The topological polar surface area (TPSA) is 30.3 Å². The number of aryl methyl sites for hydroxylation is 2. The van der Waals surface area contributed by atoms with E-state index in [-0.39, 0.29) is 0 Å². The summed E-state index contributed by atoms with van der Waals surface area (Å²) >= 11 is 6.16. The molecule has 0 aliphatic heterocycles. The van der Waals surface area contributed by atoms with Crippen molar-refractivity contribution in [2.24, 2.45) is 7.05 Å². The maximum Gasteiger partial charge on any atom is 0.131 e. The fourth-order valence-corrected chi connectivity index (χ4v) is 1.80. The molecule has 92 valence electrons. The fourth-order valence-electron chi connectivity index (χ4n) is 1.57. The number of hydrogen-bond donors (Lipinski definition) is 0. The smallest absolute Gasteiger partial charge is 0.131 e. The lowest BCUT2D eigenvalue weighted by molar-refractivity contribution is 0.120. The van der Waals surface area contributed by atoms with E-state index in [2.05, 4.69) is 17.0 Å². The number of likely N-dealkylation sites (N-methyl/N-ethyl adjacent to an activating group) is 1. The first kappa shape index (κ1) is 13.5. The van der Waals surface area contributed by atoms with E-state index in [9.17, 15) is 0 Å². The van der Waals surface area contributed by atoms with Crippen LogP contribution in [-0.2, 0) is 18.3 Å². The zero-order chi connectivity index (χ0) is 12.1. The summed E-state index contributed by atoms with van der Waals surface area (Å²) in [6.45, 7) is 7.22. The first-order valence-corrected chi connectivity index (χ1v) is 5.88. The monoisotopic (exact) mass is 245 g/mol. The van der Waals surface area contributed by atoms with Gasteiger partial charge in [0.25, 0.3) is 0 Å². The van der Waals surface area contributed by atoms with Gasteiger partial charge in [0.2, 0.25) is 0 Å². The van der Waals surface area contributed by atoms with Crippen LogP contribution in [-0.4, -0.2) is 41.5 Å². The van der Waals surface area contributed by atoms with Gasteiger partial charge in [-0.2, -0.15) is 5.10 Å². The van der Waals surface area contributed by atoms with Crippen LogP contribution in [0.2, 0.25) is 5.15 Å². The maximum atomic E-state index is 6.16. The van der Waals surface area contributed by atoms with E-state index >= 15 is 0 Å². The standard InChI is InChI=1S/C11H20ClN3O/c1-5-16-7-6-14(3)8-10-9(2)13-15(4)11(10)12/h5-8H2,1-4H3. The molecular formula is C11H20ClN3O. The molecule has 0 saturated heterocycles. The molecular weight excluding hydrogens is 226 g/mol. The Bertz CT molecular complexity index is 338. The number of rotatable bonds is 6. The van der Waals surface area contributed by atoms with Crippen molar-refractivity contribution in [2.75, 3.05) is 26.8 Å². The van der Waals surface area contributed by atoms with Crippen LogP contribution in [0, 0.1) is 6.92 Å². The predicted octanol–water partition coefficient (Wildman–Crippen LogP) is 1.85. The maximum absolute atomic E-state index is 6.16. The Labute approximate surface area is 102 Å². The molecule has 0 aliphatic carbocycles. The second-order valence-electron chi connectivity index (χ2n) is 3.91. The molecule has 0 spiro atoms. The van der Waals surface area contributed by atoms with Crippen LogP contribution in [0.25, 0.3) is 0 Å². The minimum atomic E-state index is 0.723. The third-order valence-electron chi connectivity index (χ3n) is 2.52. The predicted molar refractivity (Wildman–Crippen MR) is 65.8 cm³/mol. The Hall–Kier alpha value is -0.580. The first-order valence-electron chi connectivity index (χ1n) is 5.50. The van der Waals surface area contributed by atoms with Crippen molar-refractivity contribution in [1.29, 1.82) is 0 Å². The van der Waals surface area contributed by atoms with Gasteiger partial charge in [-0.15, -0.1) is 0 Å². The largest absolute Gasteiger partial charge is 0.380 e. The molecule has 1 aromatic heterocycles. The third-order valence-corrected chi connectivity index (χ3v) is 2.99. The molecule has 1 aromatic rings. The van der Waals surface area contributed by atoms with E-state index in [0.29, 0.717) is 0 Å². The number of nitrogens with zero attached hydrogens (tertiary/aromatic N) is 3. The first-order chi connectivity index (χ1) is 7.56. The van der Waals surface area contributed by atoms with Gasteiger partial charge in [0.1, 0.15) is 5.15 Å². The number of halogens is 1. The number of ether oxygens (including phenoxy) is 1. The Morgan fingerprint density at radius 3 is 2.69 bits per heavy atom. The highest BCUT2D eigenvalue weighted by Gasteiger charge is 2.12. The van der Waals surface area contributed by atoms with Crippen molar-refractivity contribution in [1.82, 2.24) is 14.7 Å². The SMILES string of the molecule is CCOCCN(C)Cc1c(C)nn(C)c1Cl. The second-order valence-corrected chi connectivity index (χ2v) is 4.27. The second kappa shape index (κ2) is 6.23. The molecule has 0 bridgehead atoms. The van der Waals surface area contributed by atoms with Crippen molar-refractivity contribution in [3.63, 3.8) is 0 Å². The molecule has 1 heterocycles. The Morgan fingerprint density at radius 1 is 1.50 bits per heavy atom. The molecule has 0 fully saturated rings. The van der Waals surface area contributed by atoms with Crippen LogP contribution in [0.3, 0.4) is 0 Å². The van der Waals surface area contributed by atoms with Crippen molar-refractivity contribution in [2.45, 2.75) is 20.4 Å². The lowest BCUT2D eigenvalue weighted by atomic mass is 10.2. The molecule has 0 unspecified atom stereocenters. The molecule has 0 N–H and O–H groups in total. The van der Waals surface area contributed by atoms with E-state index < -0.39 is 0 Å². The molecule has 0 aliphatic rings. The molecule has 4 nitrogen and oxygen atoms in total. The van der Waals surface area contributed by atoms with Crippen LogP contribution >= 0.6 is 11.6 Å². The Morgan fingerprint density at radius 2 is 2.19 bits per heavy atom. The van der Waals surface area contributed by atoms with Gasteiger partial charge in [0.05, 0.1) is 12.3 Å². The third kappa shape index (κ3) is 3.47. The molecule has 0 atom stereocenters. The molecule has 0 saturated carbocycles. The molecule has 0 radical (unpaired) electrons. The average molecular weight is 246 g/mol. The van der Waals surface area contributed by atoms with Crippen molar-refractivity contribution >= 4 is 11.6 Å². The molecule has 5 heteroatoms. The molecule has 16 heavy (non-hydrogen) atoms. The lowest BCUT2D eigenvalue weighted by Crippen LogP contribution is -2.23. The van der Waals surface area contributed by atoms with Gasteiger partial charge >= 0.3 is 0 Å². The summed E-state index contributed by atoms with van der Waals surface area (Å²) in [5.41, 5.74) is 2.10. The summed E-state index contributed by atoms with van der Waals surface area (Å²) in [6, 6.07) is 0. The van der Waals surface area contributed by atoms with Gasteiger partial charge in [-0.3, -0.25) is 9.58 Å². The van der Waals surface area contributed by atoms with Gasteiger partial charge in [0.15, 0.2) is 0 Å². The van der Waals surface area contributed by atoms with Crippen molar-refractivity contribution < 1.29 is 4.74 Å². The van der Waals surface area contributed by atoms with E-state index in [1.807, 2.05) is 20.9 Å². The van der Waals surface area contributed by atoms with E-state index in [1.54, 1.807) is 4.68 Å². The highest BCUT2D eigenvalue weighted by atomic mass is 35.5. The van der Waals surface area contributed by atoms with Crippen LogP contribution in [0.15, 0.2) is 0 Å². The summed E-state index contributed by atoms with van der Waals surface area (Å²) in [5, 5.41) is 5.01. The summed E-state index contributed by atoms with van der Waals surface area (Å²) in [4.78, 5) is 2.19. The zero-order valence-electron chi connectivity index (χ0n) is 10.5. The van der Waals surface area contributed by atoms with Crippen molar-refractivity contribution in [3.05, 3.63) is 16.4 Å². The highest BCUT2D eigenvalue weighted by molar-refractivity contribution is 6.30. The Balaban J connectivity index is 2.52. The number of aromatic nitrogens is 2. The van der Waals surface area contributed by atoms with Crippen LogP contribution in [0.5, 0.6) is 0 Å². The quantitative estimate of drug-likeness (QED) is 0.717. The van der Waals surface area contributed by atoms with Crippen LogP contribution < -0.4 is 0 Å². The van der Waals surface area contributed by atoms with Gasteiger partial charge < -0.3 is 4.74 Å². The van der Waals surface area contributed by atoms with Gasteiger partial charge in [-0.1, -0.05) is 11.6 Å². The van der Waals surface area contributed by atoms with Gasteiger partial charge in [-0.05, 0) is 20.9 Å². The Kier molecular flexibility index (Phi) is 5.25. The summed E-state index contributed by atoms with van der Waals surface area (Å²) in [7, 11) is 3.92. The van der Waals surface area contributed by atoms with Gasteiger partial charge in [-0.25, -0.2) is 0 Å². The summed E-state index contributed by atoms with van der Waals surface area (Å²) in [6.07, 6.45) is 0. The minimum absolute atomic E-state index is 0.723. The minimum Gasteiger partial charge on any atom is -0.380 e. The molecule has 0 amide bonds. The molecule has 0 aromatic carbocycles. The highest BCUT2D eigenvalue weighted by Crippen LogP contribution is 2.19. The molecule has 1 rings (SSSR count). The zero-order valence-corrected chi connectivity index (χ0v) is 11.2. The van der Waals surface area contributed by atoms with Gasteiger partial charge in [0, 0.05) is 32.3 Å². The average Bonchev–Trinajstić information content (AvgIpc) is 2.46. The normalized spacial score (nSPS) is 11.4.